The second-order valence-electron chi connectivity index (χ2n) is 4.10. The first kappa shape index (κ1) is 14.4. The van der Waals surface area contributed by atoms with Crippen LogP contribution in [0.4, 0.5) is 0 Å². The highest BCUT2D eigenvalue weighted by Gasteiger charge is 2.32. The first-order valence-electron chi connectivity index (χ1n) is 5.55. The highest BCUT2D eigenvalue weighted by atomic mass is 79.9. The van der Waals surface area contributed by atoms with Crippen molar-refractivity contribution in [3.63, 3.8) is 0 Å². The molecule has 2 heterocycles. The summed E-state index contributed by atoms with van der Waals surface area (Å²) >= 11 is 4.93. The van der Waals surface area contributed by atoms with E-state index in [-0.39, 0.29) is 16.1 Å². The highest BCUT2D eigenvalue weighted by Crippen LogP contribution is 2.31. The van der Waals surface area contributed by atoms with Crippen molar-refractivity contribution >= 4 is 37.7 Å². The van der Waals surface area contributed by atoms with Gasteiger partial charge in [0.1, 0.15) is 10.7 Å². The molecule has 18 heavy (non-hydrogen) atoms. The van der Waals surface area contributed by atoms with E-state index in [1.54, 1.807) is 11.8 Å². The van der Waals surface area contributed by atoms with Gasteiger partial charge in [0.05, 0.1) is 6.54 Å². The molecule has 0 aromatic carbocycles. The lowest BCUT2D eigenvalue weighted by Gasteiger charge is -2.29. The summed E-state index contributed by atoms with van der Waals surface area (Å²) in [6.45, 7) is 3.28. The third-order valence-corrected chi connectivity index (χ3v) is 6.59. The van der Waals surface area contributed by atoms with Crippen LogP contribution in [0.5, 0.6) is 0 Å². The molecule has 1 atom stereocenters. The predicted octanol–water partition coefficient (Wildman–Crippen LogP) is 1.63. The van der Waals surface area contributed by atoms with Gasteiger partial charge in [-0.25, -0.2) is 8.42 Å². The molecule has 8 heteroatoms. The quantitative estimate of drug-likeness (QED) is 0.892. The molecule has 0 aliphatic carbocycles. The summed E-state index contributed by atoms with van der Waals surface area (Å²) in [6.07, 6.45) is 0. The second kappa shape index (κ2) is 5.54. The van der Waals surface area contributed by atoms with Crippen molar-refractivity contribution in [1.82, 2.24) is 4.31 Å². The van der Waals surface area contributed by atoms with Crippen LogP contribution in [0.2, 0.25) is 0 Å². The topological polar surface area (TPSA) is 76.5 Å². The molecule has 0 saturated carbocycles. The smallest absolute Gasteiger partial charge is 0.247 e. The van der Waals surface area contributed by atoms with Gasteiger partial charge in [0.2, 0.25) is 10.0 Å². The van der Waals surface area contributed by atoms with E-state index in [9.17, 15) is 8.42 Å². The summed E-state index contributed by atoms with van der Waals surface area (Å²) in [5, 5.41) is 0.313. The molecule has 1 aromatic heterocycles. The number of hydrogen-bond acceptors (Lipinski definition) is 5. The lowest BCUT2D eigenvalue weighted by molar-refractivity contribution is 0.421. The Balaban J connectivity index is 2.32. The molecular weight excluding hydrogens is 340 g/mol. The van der Waals surface area contributed by atoms with E-state index in [2.05, 4.69) is 15.9 Å². The molecule has 1 aliphatic heterocycles. The molecule has 0 radical (unpaired) electrons. The first-order chi connectivity index (χ1) is 8.45. The predicted molar refractivity (Wildman–Crippen MR) is 75.0 cm³/mol. The van der Waals surface area contributed by atoms with Gasteiger partial charge >= 0.3 is 0 Å². The van der Waals surface area contributed by atoms with Gasteiger partial charge in [0, 0.05) is 30.2 Å². The van der Waals surface area contributed by atoms with Crippen molar-refractivity contribution in [2.75, 3.05) is 18.8 Å². The van der Waals surface area contributed by atoms with Gasteiger partial charge in [-0.15, -0.1) is 0 Å². The second-order valence-corrected chi connectivity index (χ2v) is 8.27. The number of thioether (sulfide) groups is 1. The fourth-order valence-corrected chi connectivity index (χ4v) is 5.53. The van der Waals surface area contributed by atoms with Gasteiger partial charge < -0.3 is 10.2 Å². The van der Waals surface area contributed by atoms with Crippen LogP contribution in [0.25, 0.3) is 0 Å². The first-order valence-corrected chi connectivity index (χ1v) is 8.83. The molecular formula is C10H15BrN2O3S2. The molecule has 0 bridgehead atoms. The maximum Gasteiger partial charge on any atom is 0.247 e. The van der Waals surface area contributed by atoms with Gasteiger partial charge in [-0.3, -0.25) is 0 Å². The van der Waals surface area contributed by atoms with E-state index in [4.69, 9.17) is 10.2 Å². The minimum Gasteiger partial charge on any atom is -0.452 e. The Hall–Kier alpha value is -0.0200. The Morgan fingerprint density at radius 3 is 2.94 bits per heavy atom. The van der Waals surface area contributed by atoms with Gasteiger partial charge in [-0.05, 0) is 15.9 Å². The Bertz CT molecular complexity index is 529. The average molecular weight is 355 g/mol. The molecule has 5 nitrogen and oxygen atoms in total. The Kier molecular flexibility index (Phi) is 4.43. The van der Waals surface area contributed by atoms with Gasteiger partial charge in [0.15, 0.2) is 4.67 Å². The lowest BCUT2D eigenvalue weighted by Crippen LogP contribution is -2.40. The van der Waals surface area contributed by atoms with Crippen LogP contribution < -0.4 is 5.73 Å². The van der Waals surface area contributed by atoms with Crippen molar-refractivity contribution in [2.45, 2.75) is 23.6 Å². The summed E-state index contributed by atoms with van der Waals surface area (Å²) in [5.41, 5.74) is 5.45. The Morgan fingerprint density at radius 2 is 2.39 bits per heavy atom. The summed E-state index contributed by atoms with van der Waals surface area (Å²) in [5.74, 6) is 1.28. The molecule has 1 saturated heterocycles. The molecule has 1 aromatic rings. The monoisotopic (exact) mass is 354 g/mol. The number of nitrogens with zero attached hydrogens (tertiary/aromatic N) is 1. The van der Waals surface area contributed by atoms with Crippen LogP contribution in [0.1, 0.15) is 12.7 Å². The zero-order valence-corrected chi connectivity index (χ0v) is 13.1. The molecule has 2 N–H and O–H groups in total. The van der Waals surface area contributed by atoms with Gasteiger partial charge in [-0.2, -0.15) is 16.1 Å². The molecule has 102 valence electrons. The SMILES string of the molecule is CC1CN(S(=O)(=O)c2cc(CN)oc2Br)CCS1. The number of hydrogen-bond donors (Lipinski definition) is 1. The van der Waals surface area contributed by atoms with Crippen LogP contribution >= 0.6 is 27.7 Å². The summed E-state index contributed by atoms with van der Waals surface area (Å²) < 4.78 is 31.9. The normalized spacial score (nSPS) is 22.3. The summed E-state index contributed by atoms with van der Waals surface area (Å²) in [7, 11) is -3.49. The van der Waals surface area contributed by atoms with E-state index in [0.717, 1.165) is 5.75 Å². The van der Waals surface area contributed by atoms with Crippen LogP contribution in [0, 0.1) is 0 Å². The van der Waals surface area contributed by atoms with E-state index in [1.165, 1.54) is 10.4 Å². The fraction of sp³-hybridized carbons (Fsp3) is 0.600. The largest absolute Gasteiger partial charge is 0.452 e. The summed E-state index contributed by atoms with van der Waals surface area (Å²) in [6, 6.07) is 1.49. The van der Waals surface area contributed by atoms with Crippen molar-refractivity contribution < 1.29 is 12.8 Å². The van der Waals surface area contributed by atoms with Crippen molar-refractivity contribution in [1.29, 1.82) is 0 Å². The van der Waals surface area contributed by atoms with Crippen LogP contribution in [-0.2, 0) is 16.6 Å². The fourth-order valence-electron chi connectivity index (χ4n) is 1.82. The van der Waals surface area contributed by atoms with E-state index in [1.807, 2.05) is 6.92 Å². The van der Waals surface area contributed by atoms with Crippen molar-refractivity contribution in [3.8, 4) is 0 Å². The molecule has 1 fully saturated rings. The molecule has 1 unspecified atom stereocenters. The Labute approximate surface area is 119 Å². The number of sulfonamides is 1. The number of rotatable bonds is 3. The lowest BCUT2D eigenvalue weighted by atomic mass is 10.4. The van der Waals surface area contributed by atoms with Crippen LogP contribution in [0.3, 0.4) is 0 Å². The third-order valence-electron chi connectivity index (χ3n) is 2.73. The average Bonchev–Trinajstić information content (AvgIpc) is 2.71. The zero-order chi connectivity index (χ0) is 13.3. The van der Waals surface area contributed by atoms with E-state index in [0.29, 0.717) is 24.1 Å². The molecule has 1 aliphatic rings. The highest BCUT2D eigenvalue weighted by molar-refractivity contribution is 9.10. The van der Waals surface area contributed by atoms with E-state index < -0.39 is 10.0 Å². The van der Waals surface area contributed by atoms with Gasteiger partial charge in [0.25, 0.3) is 0 Å². The minimum absolute atomic E-state index is 0.169. The zero-order valence-electron chi connectivity index (χ0n) is 9.93. The number of nitrogens with two attached hydrogens (primary N) is 1. The van der Waals surface area contributed by atoms with Crippen molar-refractivity contribution in [3.05, 3.63) is 16.5 Å². The summed E-state index contributed by atoms with van der Waals surface area (Å²) in [4.78, 5) is 0.169. The maximum atomic E-state index is 12.5. The van der Waals surface area contributed by atoms with Crippen LogP contribution in [0.15, 0.2) is 20.0 Å². The third kappa shape index (κ3) is 2.77. The molecule has 0 spiro atoms. The van der Waals surface area contributed by atoms with Crippen molar-refractivity contribution in [2.24, 2.45) is 5.73 Å². The molecule has 2 rings (SSSR count). The maximum absolute atomic E-state index is 12.5. The number of halogens is 1. The standard InChI is InChI=1S/C10H15BrN2O3S2/c1-7-6-13(2-3-17-7)18(14,15)9-4-8(5-12)16-10(9)11/h4,7H,2-3,5-6,12H2,1H3. The minimum atomic E-state index is -3.49. The number of furan rings is 1. The van der Waals surface area contributed by atoms with Gasteiger partial charge in [-0.1, -0.05) is 6.92 Å². The van der Waals surface area contributed by atoms with E-state index >= 15 is 0 Å². The van der Waals surface area contributed by atoms with Crippen LogP contribution in [-0.4, -0.2) is 36.8 Å². The molecule has 0 amide bonds. The Morgan fingerprint density at radius 1 is 1.67 bits per heavy atom.